The largest absolute Gasteiger partial charge is 0.352 e. The number of hydrogen-bond donors (Lipinski definition) is 0. The van der Waals surface area contributed by atoms with Crippen molar-refractivity contribution in [1.82, 2.24) is 24.6 Å². The van der Waals surface area contributed by atoms with E-state index in [0.717, 1.165) is 35.2 Å². The van der Waals surface area contributed by atoms with Crippen LogP contribution in [0.25, 0.3) is 0 Å². The van der Waals surface area contributed by atoms with Crippen molar-refractivity contribution < 1.29 is 18.4 Å². The lowest BCUT2D eigenvalue weighted by molar-refractivity contribution is -0.138. The molecule has 2 bridgehead atoms. The molecule has 2 aromatic rings. The summed E-state index contributed by atoms with van der Waals surface area (Å²) in [7, 11) is 1.84. The summed E-state index contributed by atoms with van der Waals surface area (Å²) in [6.07, 6.45) is 12.4. The van der Waals surface area contributed by atoms with Crippen LogP contribution < -0.4 is 9.80 Å². The first kappa shape index (κ1) is 30.1. The van der Waals surface area contributed by atoms with Crippen molar-refractivity contribution in [2.75, 3.05) is 22.9 Å². The number of Topliss-reactive ketones (excluding diaryl/α,β-unsaturated/α-hetero) is 1. The summed E-state index contributed by atoms with van der Waals surface area (Å²) < 4.78 is 29.1. The number of aryl methyl sites for hydroxylation is 1. The van der Waals surface area contributed by atoms with E-state index in [1.54, 1.807) is 22.0 Å². The molecule has 4 heterocycles. The molecule has 0 spiro atoms. The Morgan fingerprint density at radius 1 is 1.05 bits per heavy atom. The molecular formula is C33H41F2N7O2. The third kappa shape index (κ3) is 5.57. The lowest BCUT2D eigenvalue weighted by Gasteiger charge is -2.41. The van der Waals surface area contributed by atoms with Gasteiger partial charge >= 0.3 is 0 Å². The molecular weight excluding hydrogens is 564 g/mol. The molecule has 0 N–H and O–H groups in total. The Morgan fingerprint density at radius 2 is 1.64 bits per heavy atom. The number of ketones is 1. The number of halogens is 2. The maximum absolute atomic E-state index is 13.7. The first-order valence-electron chi connectivity index (χ1n) is 15.3. The number of alkyl halides is 2. The highest BCUT2D eigenvalue weighted by Crippen LogP contribution is 2.51. The molecule has 2 aromatic heterocycles. The number of rotatable bonds is 5. The summed E-state index contributed by atoms with van der Waals surface area (Å²) >= 11 is 0. The van der Waals surface area contributed by atoms with E-state index in [2.05, 4.69) is 15.0 Å². The van der Waals surface area contributed by atoms with Crippen LogP contribution in [0, 0.1) is 16.7 Å². The molecule has 3 fully saturated rings. The number of carbonyl (C=O) groups excluding carboxylic acids is 2. The van der Waals surface area contributed by atoms with Crippen molar-refractivity contribution in [2.45, 2.75) is 78.8 Å². The Labute approximate surface area is 257 Å². The van der Waals surface area contributed by atoms with Gasteiger partial charge in [0.15, 0.2) is 5.78 Å². The SMILES string of the molecule is Cn1cc(N(C=C2C=C(C(C)(C)C)C(=O)C(C(C)(C)C)=C2)c2nccc(N3C[C@H]4CC[C@@H](C3)N4C(=O)C3CC3(F)F)n2)cn1. The highest BCUT2D eigenvalue weighted by Gasteiger charge is 2.64. The number of amides is 1. The van der Waals surface area contributed by atoms with Gasteiger partial charge in [-0.2, -0.15) is 10.1 Å². The average molecular weight is 606 g/mol. The number of carbonyl (C=O) groups is 2. The molecule has 11 heteroatoms. The molecule has 0 aromatic carbocycles. The van der Waals surface area contributed by atoms with Gasteiger partial charge in [0.05, 0.1) is 11.9 Å². The van der Waals surface area contributed by atoms with Gasteiger partial charge in [0, 0.05) is 68.4 Å². The van der Waals surface area contributed by atoms with E-state index in [4.69, 9.17) is 4.98 Å². The van der Waals surface area contributed by atoms with Crippen LogP contribution >= 0.6 is 0 Å². The van der Waals surface area contributed by atoms with E-state index in [0.29, 0.717) is 24.9 Å². The van der Waals surface area contributed by atoms with Gasteiger partial charge in [-0.25, -0.2) is 13.8 Å². The molecule has 1 unspecified atom stereocenters. The van der Waals surface area contributed by atoms with Crippen LogP contribution in [0.3, 0.4) is 0 Å². The zero-order valence-corrected chi connectivity index (χ0v) is 26.5. The monoisotopic (exact) mass is 605 g/mol. The maximum Gasteiger partial charge on any atom is 0.260 e. The molecule has 234 valence electrons. The minimum atomic E-state index is -2.86. The second-order valence-corrected chi connectivity index (χ2v) is 14.6. The Morgan fingerprint density at radius 3 is 2.14 bits per heavy atom. The molecule has 4 aliphatic rings. The zero-order chi connectivity index (χ0) is 31.8. The molecule has 2 aliphatic heterocycles. The lowest BCUT2D eigenvalue weighted by Crippen LogP contribution is -2.56. The van der Waals surface area contributed by atoms with Crippen LogP contribution in [0.4, 0.5) is 26.2 Å². The molecule has 2 aliphatic carbocycles. The van der Waals surface area contributed by atoms with Crippen LogP contribution in [-0.4, -0.2) is 67.4 Å². The molecule has 9 nitrogen and oxygen atoms in total. The minimum absolute atomic E-state index is 0.0611. The van der Waals surface area contributed by atoms with Crippen molar-refractivity contribution in [1.29, 1.82) is 0 Å². The fourth-order valence-corrected chi connectivity index (χ4v) is 6.51. The Hall–Kier alpha value is -3.89. The number of allylic oxidation sites excluding steroid dienone is 5. The summed E-state index contributed by atoms with van der Waals surface area (Å²) in [4.78, 5) is 41.8. The first-order valence-corrected chi connectivity index (χ1v) is 15.3. The van der Waals surface area contributed by atoms with Crippen LogP contribution in [0.1, 0.15) is 60.8 Å². The van der Waals surface area contributed by atoms with E-state index in [1.807, 2.05) is 84.1 Å². The van der Waals surface area contributed by atoms with Gasteiger partial charge in [0.25, 0.3) is 5.92 Å². The quantitative estimate of drug-likeness (QED) is 0.439. The highest BCUT2D eigenvalue weighted by atomic mass is 19.3. The van der Waals surface area contributed by atoms with E-state index in [9.17, 15) is 18.4 Å². The molecule has 3 atom stereocenters. The maximum atomic E-state index is 13.7. The first-order chi connectivity index (χ1) is 20.5. The van der Waals surface area contributed by atoms with Gasteiger partial charge in [0.1, 0.15) is 11.7 Å². The number of aromatic nitrogens is 4. The molecule has 1 amide bonds. The Balaban J connectivity index is 1.34. The second-order valence-electron chi connectivity index (χ2n) is 14.6. The van der Waals surface area contributed by atoms with Crippen LogP contribution in [-0.2, 0) is 16.6 Å². The van der Waals surface area contributed by atoms with Crippen LogP contribution in [0.5, 0.6) is 0 Å². The number of fused-ring (bicyclic) bond motifs is 2. The summed E-state index contributed by atoms with van der Waals surface area (Å²) in [6, 6.07) is 1.61. The molecule has 44 heavy (non-hydrogen) atoms. The Kier molecular flexibility index (Phi) is 7.09. The number of nitrogens with zero attached hydrogens (tertiary/aromatic N) is 7. The lowest BCUT2D eigenvalue weighted by atomic mass is 9.72. The fraction of sp³-hybridized carbons (Fsp3) is 0.545. The molecule has 1 saturated carbocycles. The average Bonchev–Trinajstić information content (AvgIpc) is 3.22. The number of hydrogen-bond acceptors (Lipinski definition) is 7. The standard InChI is InChI=1S/C33H41F2N7O2/c1-31(2,3)24-12-20(13-25(28(24)43)32(4,5)6)16-41(23-15-37-39(7)17-23)30-36-11-10-27(38-30)40-18-21-8-9-22(19-40)42(21)29(44)26-14-33(26,34)35/h10-13,15-17,21-22,26H,8-9,14,18-19H2,1-7H3/t21-,22+,26?. The van der Waals surface area contributed by atoms with Crippen molar-refractivity contribution in [2.24, 2.45) is 23.8 Å². The molecule has 0 radical (unpaired) electrons. The summed E-state index contributed by atoms with van der Waals surface area (Å²) in [6.45, 7) is 13.3. The molecule has 2 saturated heterocycles. The zero-order valence-electron chi connectivity index (χ0n) is 26.5. The van der Waals surface area contributed by atoms with Gasteiger partial charge < -0.3 is 9.80 Å². The van der Waals surface area contributed by atoms with Gasteiger partial charge in [-0.05, 0) is 47.5 Å². The predicted molar refractivity (Wildman–Crippen MR) is 164 cm³/mol. The normalized spacial score (nSPS) is 24.7. The van der Waals surface area contributed by atoms with E-state index in [-0.39, 0.29) is 35.1 Å². The summed E-state index contributed by atoms with van der Waals surface area (Å²) in [5, 5.41) is 4.38. The van der Waals surface area contributed by atoms with Gasteiger partial charge in [-0.1, -0.05) is 41.5 Å². The molecule has 6 rings (SSSR count). The van der Waals surface area contributed by atoms with Crippen molar-refractivity contribution in [3.05, 3.63) is 59.7 Å². The second kappa shape index (κ2) is 10.3. The topological polar surface area (TPSA) is 87.5 Å². The van der Waals surface area contributed by atoms with Crippen LogP contribution in [0.2, 0.25) is 0 Å². The van der Waals surface area contributed by atoms with Gasteiger partial charge in [0.2, 0.25) is 11.9 Å². The third-order valence-corrected chi connectivity index (χ3v) is 9.00. The number of piperazine rings is 1. The van der Waals surface area contributed by atoms with Crippen molar-refractivity contribution >= 4 is 29.1 Å². The van der Waals surface area contributed by atoms with Crippen LogP contribution in [0.15, 0.2) is 59.7 Å². The highest BCUT2D eigenvalue weighted by molar-refractivity contribution is 6.11. The fourth-order valence-electron chi connectivity index (χ4n) is 6.51. The summed E-state index contributed by atoms with van der Waals surface area (Å²) in [5.41, 5.74) is 2.38. The summed E-state index contributed by atoms with van der Waals surface area (Å²) in [5.74, 6) is -3.24. The van der Waals surface area contributed by atoms with Crippen molar-refractivity contribution in [3.63, 3.8) is 0 Å². The number of anilines is 3. The minimum Gasteiger partial charge on any atom is -0.352 e. The van der Waals surface area contributed by atoms with E-state index >= 15 is 0 Å². The third-order valence-electron chi connectivity index (χ3n) is 9.00. The Bertz CT molecular complexity index is 1540. The van der Waals surface area contributed by atoms with E-state index < -0.39 is 17.7 Å². The predicted octanol–water partition coefficient (Wildman–Crippen LogP) is 5.59. The van der Waals surface area contributed by atoms with Gasteiger partial charge in [-0.3, -0.25) is 19.2 Å². The van der Waals surface area contributed by atoms with Crippen molar-refractivity contribution in [3.8, 4) is 0 Å². The smallest absolute Gasteiger partial charge is 0.260 e. The van der Waals surface area contributed by atoms with E-state index in [1.165, 1.54) is 0 Å². The van der Waals surface area contributed by atoms with Gasteiger partial charge in [-0.15, -0.1) is 0 Å².